The van der Waals surface area contributed by atoms with E-state index < -0.39 is 11.0 Å². The first-order valence-electron chi connectivity index (χ1n) is 3.00. The van der Waals surface area contributed by atoms with Crippen molar-refractivity contribution in [3.8, 4) is 0 Å². The van der Waals surface area contributed by atoms with E-state index in [-0.39, 0.29) is 5.88 Å². The third kappa shape index (κ3) is 4.50. The molecule has 0 saturated carbocycles. The van der Waals surface area contributed by atoms with Gasteiger partial charge in [0.25, 0.3) is 0 Å². The SMILES string of the molecule is CN=C/C=C\C(CCl)[N+](=O)[O-]. The number of nitrogens with zero attached hydrogens (tertiary/aromatic N) is 2. The van der Waals surface area contributed by atoms with Crippen LogP contribution in [-0.2, 0) is 0 Å². The van der Waals surface area contributed by atoms with Crippen molar-refractivity contribution in [2.75, 3.05) is 12.9 Å². The zero-order valence-corrected chi connectivity index (χ0v) is 6.86. The van der Waals surface area contributed by atoms with E-state index in [0.717, 1.165) is 0 Å². The van der Waals surface area contributed by atoms with Gasteiger partial charge in [-0.05, 0) is 12.2 Å². The van der Waals surface area contributed by atoms with E-state index in [1.54, 1.807) is 7.05 Å². The summed E-state index contributed by atoms with van der Waals surface area (Å²) < 4.78 is 0. The van der Waals surface area contributed by atoms with Gasteiger partial charge in [-0.15, -0.1) is 11.6 Å². The van der Waals surface area contributed by atoms with Crippen molar-refractivity contribution in [2.24, 2.45) is 4.99 Å². The molecule has 0 rings (SSSR count). The Morgan fingerprint density at radius 1 is 1.82 bits per heavy atom. The van der Waals surface area contributed by atoms with Crippen LogP contribution >= 0.6 is 11.6 Å². The first kappa shape index (κ1) is 10.1. The van der Waals surface area contributed by atoms with E-state index in [1.807, 2.05) is 0 Å². The van der Waals surface area contributed by atoms with Crippen molar-refractivity contribution in [3.05, 3.63) is 22.3 Å². The molecular formula is C6H9ClN2O2. The molecule has 1 atom stereocenters. The Bertz CT molecular complexity index is 179. The lowest BCUT2D eigenvalue weighted by Crippen LogP contribution is -2.17. The van der Waals surface area contributed by atoms with Crippen LogP contribution in [-0.4, -0.2) is 30.1 Å². The Hall–Kier alpha value is -0.900. The van der Waals surface area contributed by atoms with E-state index in [2.05, 4.69) is 4.99 Å². The Morgan fingerprint density at radius 2 is 2.45 bits per heavy atom. The van der Waals surface area contributed by atoms with Gasteiger partial charge in [-0.1, -0.05) is 0 Å². The number of nitro groups is 1. The van der Waals surface area contributed by atoms with Crippen LogP contribution in [0.4, 0.5) is 0 Å². The molecule has 11 heavy (non-hydrogen) atoms. The number of rotatable bonds is 4. The number of hydrogen-bond donors (Lipinski definition) is 0. The van der Waals surface area contributed by atoms with Gasteiger partial charge < -0.3 is 0 Å². The smallest absolute Gasteiger partial charge is 0.244 e. The number of alkyl halides is 1. The van der Waals surface area contributed by atoms with Gasteiger partial charge in [0.2, 0.25) is 6.04 Å². The van der Waals surface area contributed by atoms with Crippen LogP contribution in [0.1, 0.15) is 0 Å². The van der Waals surface area contributed by atoms with Gasteiger partial charge >= 0.3 is 0 Å². The summed E-state index contributed by atoms with van der Waals surface area (Å²) in [6.07, 6.45) is 4.39. The van der Waals surface area contributed by atoms with Crippen LogP contribution in [0.3, 0.4) is 0 Å². The van der Waals surface area contributed by atoms with Crippen molar-refractivity contribution >= 4 is 17.8 Å². The van der Waals surface area contributed by atoms with Crippen LogP contribution in [0.15, 0.2) is 17.1 Å². The molecule has 0 aromatic heterocycles. The molecule has 0 N–H and O–H groups in total. The molecular weight excluding hydrogens is 168 g/mol. The van der Waals surface area contributed by atoms with Crippen molar-refractivity contribution in [1.82, 2.24) is 0 Å². The largest absolute Gasteiger partial charge is 0.297 e. The van der Waals surface area contributed by atoms with E-state index >= 15 is 0 Å². The van der Waals surface area contributed by atoms with Crippen LogP contribution < -0.4 is 0 Å². The summed E-state index contributed by atoms with van der Waals surface area (Å²) in [6.45, 7) is 0. The second-order valence-corrected chi connectivity index (χ2v) is 2.11. The Balaban J connectivity index is 3.97. The first-order chi connectivity index (χ1) is 5.22. The van der Waals surface area contributed by atoms with Gasteiger partial charge in [-0.25, -0.2) is 0 Å². The van der Waals surface area contributed by atoms with Gasteiger partial charge in [0.15, 0.2) is 0 Å². The fourth-order valence-electron chi connectivity index (χ4n) is 0.442. The Kier molecular flexibility index (Phi) is 5.37. The van der Waals surface area contributed by atoms with Crippen LogP contribution in [0.5, 0.6) is 0 Å². The lowest BCUT2D eigenvalue weighted by molar-refractivity contribution is -0.503. The lowest BCUT2D eigenvalue weighted by Gasteiger charge is -1.96. The lowest BCUT2D eigenvalue weighted by atomic mass is 10.3. The molecule has 0 aliphatic rings. The van der Waals surface area contributed by atoms with Gasteiger partial charge in [0, 0.05) is 18.2 Å². The topological polar surface area (TPSA) is 55.5 Å². The summed E-state index contributed by atoms with van der Waals surface area (Å²) in [6, 6.07) is -0.810. The average Bonchev–Trinajstić information content (AvgIpc) is 1.97. The molecule has 4 nitrogen and oxygen atoms in total. The van der Waals surface area contributed by atoms with Crippen molar-refractivity contribution in [2.45, 2.75) is 6.04 Å². The zero-order chi connectivity index (χ0) is 8.69. The molecule has 0 heterocycles. The summed E-state index contributed by atoms with van der Waals surface area (Å²) in [5.74, 6) is -0.0128. The van der Waals surface area contributed by atoms with Crippen molar-refractivity contribution in [1.29, 1.82) is 0 Å². The van der Waals surface area contributed by atoms with Crippen LogP contribution in [0.25, 0.3) is 0 Å². The number of allylic oxidation sites excluding steroid dienone is 1. The standard InChI is InChI=1S/C6H9ClN2O2/c1-8-4-2-3-6(5-7)9(10)11/h2-4,6H,5H2,1H3/b3-2-,8-4?. The maximum Gasteiger partial charge on any atom is 0.244 e. The van der Waals surface area contributed by atoms with E-state index in [1.165, 1.54) is 18.4 Å². The minimum Gasteiger partial charge on any atom is -0.297 e. The third-order valence-electron chi connectivity index (χ3n) is 0.997. The molecule has 0 amide bonds. The van der Waals surface area contributed by atoms with Crippen molar-refractivity contribution < 1.29 is 4.92 Å². The molecule has 0 aromatic carbocycles. The summed E-state index contributed by atoms with van der Waals surface area (Å²) in [7, 11) is 1.59. The van der Waals surface area contributed by atoms with Gasteiger partial charge in [-0.2, -0.15) is 0 Å². The molecule has 0 saturated heterocycles. The van der Waals surface area contributed by atoms with E-state index in [0.29, 0.717) is 0 Å². The van der Waals surface area contributed by atoms with E-state index in [9.17, 15) is 10.1 Å². The average molecular weight is 177 g/mol. The molecule has 0 radical (unpaired) electrons. The van der Waals surface area contributed by atoms with Crippen LogP contribution in [0, 0.1) is 10.1 Å². The fourth-order valence-corrected chi connectivity index (χ4v) is 0.658. The summed E-state index contributed by atoms with van der Waals surface area (Å²) >= 11 is 5.30. The molecule has 0 spiro atoms. The predicted molar refractivity (Wildman–Crippen MR) is 45.1 cm³/mol. The fraction of sp³-hybridized carbons (Fsp3) is 0.500. The highest BCUT2D eigenvalue weighted by atomic mass is 35.5. The molecule has 5 heteroatoms. The number of halogens is 1. The first-order valence-corrected chi connectivity index (χ1v) is 3.54. The number of aliphatic imine (C=N–C) groups is 1. The quantitative estimate of drug-likeness (QED) is 0.279. The maximum atomic E-state index is 10.2. The second kappa shape index (κ2) is 5.85. The van der Waals surface area contributed by atoms with Gasteiger partial charge in [0.1, 0.15) is 0 Å². The monoisotopic (exact) mass is 176 g/mol. The van der Waals surface area contributed by atoms with E-state index in [4.69, 9.17) is 11.6 Å². The molecule has 0 fully saturated rings. The van der Waals surface area contributed by atoms with Crippen molar-refractivity contribution in [3.63, 3.8) is 0 Å². The summed E-state index contributed by atoms with van der Waals surface area (Å²) in [5, 5.41) is 10.2. The highest BCUT2D eigenvalue weighted by molar-refractivity contribution is 6.18. The maximum absolute atomic E-state index is 10.2. The summed E-state index contributed by atoms with van der Waals surface area (Å²) in [5.41, 5.74) is 0. The molecule has 0 aliphatic heterocycles. The third-order valence-corrected chi connectivity index (χ3v) is 1.31. The highest BCUT2D eigenvalue weighted by Crippen LogP contribution is 1.94. The Labute approximate surface area is 69.7 Å². The predicted octanol–water partition coefficient (Wildman–Crippen LogP) is 1.13. The minimum absolute atomic E-state index is 0.0128. The summed E-state index contributed by atoms with van der Waals surface area (Å²) in [4.78, 5) is 13.3. The molecule has 1 unspecified atom stereocenters. The Morgan fingerprint density at radius 3 is 2.82 bits per heavy atom. The highest BCUT2D eigenvalue weighted by Gasteiger charge is 2.12. The molecule has 62 valence electrons. The minimum atomic E-state index is -0.810. The van der Waals surface area contributed by atoms with Gasteiger partial charge in [-0.3, -0.25) is 15.1 Å². The molecule has 0 aliphatic carbocycles. The second-order valence-electron chi connectivity index (χ2n) is 1.80. The van der Waals surface area contributed by atoms with Gasteiger partial charge in [0.05, 0.1) is 5.88 Å². The normalized spacial score (nSPS) is 14.4. The van der Waals surface area contributed by atoms with Crippen LogP contribution in [0.2, 0.25) is 0 Å². The zero-order valence-electron chi connectivity index (χ0n) is 6.11. The molecule has 0 aromatic rings. The number of hydrogen-bond acceptors (Lipinski definition) is 3. The molecule has 0 bridgehead atoms.